The number of hydrogen-bond donors (Lipinski definition) is 1. The number of benzene rings is 1. The van der Waals surface area contributed by atoms with E-state index in [0.29, 0.717) is 12.3 Å². The van der Waals surface area contributed by atoms with E-state index in [1.165, 1.54) is 0 Å². The highest BCUT2D eigenvalue weighted by Crippen LogP contribution is 2.22. The molecule has 0 atom stereocenters. The Balaban J connectivity index is 2.13. The van der Waals surface area contributed by atoms with Crippen molar-refractivity contribution in [3.63, 3.8) is 0 Å². The molecular formula is C16H23N3O2. The van der Waals surface area contributed by atoms with Crippen molar-refractivity contribution in [2.45, 2.75) is 46.1 Å². The molecule has 0 spiro atoms. The van der Waals surface area contributed by atoms with E-state index in [-0.39, 0.29) is 12.5 Å². The second-order valence-corrected chi connectivity index (χ2v) is 5.11. The number of ether oxygens (including phenoxy) is 1. The summed E-state index contributed by atoms with van der Waals surface area (Å²) >= 11 is 0. The monoisotopic (exact) mass is 289 g/mol. The molecule has 1 aromatic carbocycles. The van der Waals surface area contributed by atoms with Gasteiger partial charge in [-0.2, -0.15) is 0 Å². The number of rotatable bonds is 7. The van der Waals surface area contributed by atoms with E-state index in [1.807, 2.05) is 29.7 Å². The highest BCUT2D eigenvalue weighted by atomic mass is 16.5. The summed E-state index contributed by atoms with van der Waals surface area (Å²) in [5.74, 6) is 0.635. The zero-order valence-electron chi connectivity index (χ0n) is 12.8. The van der Waals surface area contributed by atoms with Crippen molar-refractivity contribution >= 4 is 22.7 Å². The average molecular weight is 289 g/mol. The Hall–Kier alpha value is -2.04. The summed E-state index contributed by atoms with van der Waals surface area (Å²) in [6.45, 7) is 4.82. The predicted octanol–water partition coefficient (Wildman–Crippen LogP) is 2.91. The summed E-state index contributed by atoms with van der Waals surface area (Å²) in [6, 6.07) is 5.63. The van der Waals surface area contributed by atoms with Crippen LogP contribution in [0.5, 0.6) is 0 Å². The number of para-hydroxylation sites is 1. The minimum Gasteiger partial charge on any atom is -0.464 e. The number of unbranched alkanes of at least 4 members (excludes halogenated alkanes) is 2. The van der Waals surface area contributed by atoms with Gasteiger partial charge >= 0.3 is 5.97 Å². The predicted molar refractivity (Wildman–Crippen MR) is 84.0 cm³/mol. The number of fused-ring (bicyclic) bond motifs is 1. The Bertz CT molecular complexity index is 619. The molecule has 0 radical (unpaired) electrons. The second-order valence-electron chi connectivity index (χ2n) is 5.11. The van der Waals surface area contributed by atoms with E-state index in [1.54, 1.807) is 0 Å². The fourth-order valence-corrected chi connectivity index (χ4v) is 2.38. The van der Waals surface area contributed by atoms with Crippen LogP contribution in [-0.4, -0.2) is 22.1 Å². The van der Waals surface area contributed by atoms with Gasteiger partial charge in [0.1, 0.15) is 17.9 Å². The van der Waals surface area contributed by atoms with Crippen molar-refractivity contribution in [3.8, 4) is 0 Å². The number of nitrogens with zero attached hydrogens (tertiary/aromatic N) is 2. The first-order valence-electron chi connectivity index (χ1n) is 7.56. The zero-order chi connectivity index (χ0) is 15.2. The maximum atomic E-state index is 12.0. The number of nitrogens with two attached hydrogens (primary N) is 1. The third kappa shape index (κ3) is 3.54. The van der Waals surface area contributed by atoms with Gasteiger partial charge in [-0.05, 0) is 18.6 Å². The SMILES string of the molecule is CCCCCOC(=O)Cn1c(CC)nc2c(N)cccc21. The van der Waals surface area contributed by atoms with Crippen LogP contribution in [-0.2, 0) is 22.5 Å². The second kappa shape index (κ2) is 7.11. The van der Waals surface area contributed by atoms with Crippen molar-refractivity contribution in [2.75, 3.05) is 12.3 Å². The topological polar surface area (TPSA) is 70.1 Å². The molecule has 0 aliphatic rings. The molecular weight excluding hydrogens is 266 g/mol. The Labute approximate surface area is 125 Å². The van der Waals surface area contributed by atoms with Gasteiger partial charge in [-0.1, -0.05) is 32.8 Å². The average Bonchev–Trinajstić information content (AvgIpc) is 2.83. The van der Waals surface area contributed by atoms with Crippen LogP contribution in [0, 0.1) is 0 Å². The Morgan fingerprint density at radius 1 is 1.33 bits per heavy atom. The summed E-state index contributed by atoms with van der Waals surface area (Å²) in [4.78, 5) is 16.5. The highest BCUT2D eigenvalue weighted by molar-refractivity contribution is 5.88. The summed E-state index contributed by atoms with van der Waals surface area (Å²) in [5, 5.41) is 0. The van der Waals surface area contributed by atoms with Crippen molar-refractivity contribution < 1.29 is 9.53 Å². The number of carbonyl (C=O) groups is 1. The normalized spacial score (nSPS) is 11.0. The fraction of sp³-hybridized carbons (Fsp3) is 0.500. The van der Waals surface area contributed by atoms with Crippen LogP contribution >= 0.6 is 0 Å². The number of aromatic nitrogens is 2. The maximum absolute atomic E-state index is 12.0. The molecule has 1 heterocycles. The third-order valence-corrected chi connectivity index (χ3v) is 3.50. The van der Waals surface area contributed by atoms with E-state index in [4.69, 9.17) is 10.5 Å². The molecule has 114 valence electrons. The molecule has 2 N–H and O–H groups in total. The lowest BCUT2D eigenvalue weighted by Gasteiger charge is -2.08. The number of carbonyl (C=O) groups excluding carboxylic acids is 1. The zero-order valence-corrected chi connectivity index (χ0v) is 12.8. The summed E-state index contributed by atoms with van der Waals surface area (Å²) in [7, 11) is 0. The maximum Gasteiger partial charge on any atom is 0.326 e. The quantitative estimate of drug-likeness (QED) is 0.483. The van der Waals surface area contributed by atoms with E-state index >= 15 is 0 Å². The lowest BCUT2D eigenvalue weighted by molar-refractivity contribution is -0.144. The first kappa shape index (κ1) is 15.4. The molecule has 2 aromatic rings. The van der Waals surface area contributed by atoms with E-state index < -0.39 is 0 Å². The van der Waals surface area contributed by atoms with Crippen LogP contribution in [0.15, 0.2) is 18.2 Å². The standard InChI is InChI=1S/C16H23N3O2/c1-3-5-6-10-21-15(20)11-19-13-9-7-8-12(17)16(13)18-14(19)4-2/h7-9H,3-6,10-11,17H2,1-2H3. The molecule has 21 heavy (non-hydrogen) atoms. The molecule has 0 amide bonds. The van der Waals surface area contributed by atoms with Gasteiger partial charge in [0.05, 0.1) is 17.8 Å². The van der Waals surface area contributed by atoms with Crippen molar-refractivity contribution in [1.82, 2.24) is 9.55 Å². The van der Waals surface area contributed by atoms with Crippen LogP contribution in [0.1, 0.15) is 38.9 Å². The molecule has 1 aromatic heterocycles. The lowest BCUT2D eigenvalue weighted by atomic mass is 10.2. The van der Waals surface area contributed by atoms with Crippen LogP contribution in [0.25, 0.3) is 11.0 Å². The summed E-state index contributed by atoms with van der Waals surface area (Å²) in [6.07, 6.45) is 3.86. The Morgan fingerprint density at radius 3 is 2.86 bits per heavy atom. The number of aryl methyl sites for hydroxylation is 1. The van der Waals surface area contributed by atoms with Gasteiger partial charge in [-0.25, -0.2) is 4.98 Å². The van der Waals surface area contributed by atoms with E-state index in [2.05, 4.69) is 11.9 Å². The lowest BCUT2D eigenvalue weighted by Crippen LogP contribution is -2.16. The number of esters is 1. The minimum absolute atomic E-state index is 0.190. The van der Waals surface area contributed by atoms with Gasteiger partial charge in [-0.3, -0.25) is 4.79 Å². The van der Waals surface area contributed by atoms with Crippen LogP contribution in [0.2, 0.25) is 0 Å². The molecule has 5 nitrogen and oxygen atoms in total. The number of anilines is 1. The minimum atomic E-state index is -0.220. The molecule has 2 rings (SSSR count). The molecule has 0 saturated heterocycles. The van der Waals surface area contributed by atoms with Crippen molar-refractivity contribution in [2.24, 2.45) is 0 Å². The molecule has 0 aliphatic heterocycles. The highest BCUT2D eigenvalue weighted by Gasteiger charge is 2.14. The van der Waals surface area contributed by atoms with Gasteiger partial charge in [0, 0.05) is 6.42 Å². The van der Waals surface area contributed by atoms with Crippen molar-refractivity contribution in [3.05, 3.63) is 24.0 Å². The third-order valence-electron chi connectivity index (χ3n) is 3.50. The fourth-order valence-electron chi connectivity index (χ4n) is 2.38. The van der Waals surface area contributed by atoms with Gasteiger partial charge in [0.2, 0.25) is 0 Å². The molecule has 0 aliphatic carbocycles. The van der Waals surface area contributed by atoms with Gasteiger partial charge in [-0.15, -0.1) is 0 Å². The molecule has 0 unspecified atom stereocenters. The Morgan fingerprint density at radius 2 is 2.14 bits per heavy atom. The molecule has 5 heteroatoms. The molecule has 0 bridgehead atoms. The largest absolute Gasteiger partial charge is 0.464 e. The molecule has 0 fully saturated rings. The first-order chi connectivity index (χ1) is 10.2. The van der Waals surface area contributed by atoms with Gasteiger partial charge in [0.25, 0.3) is 0 Å². The van der Waals surface area contributed by atoms with Crippen LogP contribution in [0.3, 0.4) is 0 Å². The number of nitrogen functional groups attached to an aromatic ring is 1. The van der Waals surface area contributed by atoms with Gasteiger partial charge in [0.15, 0.2) is 0 Å². The summed E-state index contributed by atoms with van der Waals surface area (Å²) < 4.78 is 7.17. The first-order valence-corrected chi connectivity index (χ1v) is 7.56. The smallest absolute Gasteiger partial charge is 0.326 e. The van der Waals surface area contributed by atoms with E-state index in [0.717, 1.165) is 42.5 Å². The van der Waals surface area contributed by atoms with Crippen molar-refractivity contribution in [1.29, 1.82) is 0 Å². The Kier molecular flexibility index (Phi) is 5.20. The van der Waals surface area contributed by atoms with Gasteiger partial charge < -0.3 is 15.0 Å². The number of imidazole rings is 1. The summed E-state index contributed by atoms with van der Waals surface area (Å²) in [5.41, 5.74) is 8.23. The number of hydrogen-bond acceptors (Lipinski definition) is 4. The van der Waals surface area contributed by atoms with Crippen LogP contribution < -0.4 is 5.73 Å². The molecule has 0 saturated carbocycles. The van der Waals surface area contributed by atoms with Crippen LogP contribution in [0.4, 0.5) is 5.69 Å². The van der Waals surface area contributed by atoms with E-state index in [9.17, 15) is 4.79 Å².